The molecule has 0 spiro atoms. The summed E-state index contributed by atoms with van der Waals surface area (Å²) < 4.78 is 27.5. The highest BCUT2D eigenvalue weighted by atomic mass is 32.2. The molecule has 1 aliphatic carbocycles. The van der Waals surface area contributed by atoms with Crippen LogP contribution < -0.4 is 5.73 Å². The number of rotatable bonds is 3. The van der Waals surface area contributed by atoms with Crippen molar-refractivity contribution in [3.05, 3.63) is 29.3 Å². The second kappa shape index (κ2) is 4.00. The van der Waals surface area contributed by atoms with Crippen LogP contribution in [0.3, 0.4) is 0 Å². The van der Waals surface area contributed by atoms with E-state index in [2.05, 4.69) is 0 Å². The van der Waals surface area contributed by atoms with Crippen LogP contribution in [0.4, 0.5) is 8.78 Å². The van der Waals surface area contributed by atoms with E-state index in [9.17, 15) is 8.78 Å². The Morgan fingerprint density at radius 1 is 1.38 bits per heavy atom. The molecule has 1 aliphatic rings. The van der Waals surface area contributed by atoms with Gasteiger partial charge in [-0.1, -0.05) is 6.07 Å². The molecule has 4 heteroatoms. The topological polar surface area (TPSA) is 26.0 Å². The predicted octanol–water partition coefficient (Wildman–Crippen LogP) is 3.07. The van der Waals surface area contributed by atoms with Crippen molar-refractivity contribution in [1.29, 1.82) is 0 Å². The van der Waals surface area contributed by atoms with Gasteiger partial charge in [-0.25, -0.2) is 8.78 Å². The van der Waals surface area contributed by atoms with Crippen LogP contribution in [0.1, 0.15) is 25.3 Å². The molecule has 0 aliphatic heterocycles. The van der Waals surface area contributed by atoms with Crippen molar-refractivity contribution in [1.82, 2.24) is 0 Å². The minimum absolute atomic E-state index is 0.0952. The van der Waals surface area contributed by atoms with Crippen LogP contribution in [0.5, 0.6) is 0 Å². The third-order valence-corrected chi connectivity index (χ3v) is 4.23. The first-order valence-corrected chi connectivity index (χ1v) is 6.53. The average molecular weight is 243 g/mol. The Morgan fingerprint density at radius 2 is 2.00 bits per heavy atom. The lowest BCUT2D eigenvalue weighted by Crippen LogP contribution is -2.32. The lowest BCUT2D eigenvalue weighted by atomic mass is 9.89. The molecule has 1 saturated carbocycles. The van der Waals surface area contributed by atoms with E-state index in [1.54, 1.807) is 12.3 Å². The van der Waals surface area contributed by atoms with Gasteiger partial charge in [0.05, 0.1) is 4.90 Å². The third-order valence-electron chi connectivity index (χ3n) is 3.45. The normalized spacial score (nSPS) is 19.6. The summed E-state index contributed by atoms with van der Waals surface area (Å²) in [5.74, 6) is -0.920. The highest BCUT2D eigenvalue weighted by Crippen LogP contribution is 2.52. The fraction of sp³-hybridized carbons (Fsp3) is 0.500. The molecular weight excluding hydrogens is 228 g/mol. The molecule has 16 heavy (non-hydrogen) atoms. The number of thioether (sulfide) groups is 1. The highest BCUT2D eigenvalue weighted by molar-refractivity contribution is 7.98. The molecule has 88 valence electrons. The Hall–Kier alpha value is -0.610. The summed E-state index contributed by atoms with van der Waals surface area (Å²) in [6.45, 7) is 1.88. The molecule has 2 rings (SSSR count). The van der Waals surface area contributed by atoms with Gasteiger partial charge in [0.1, 0.15) is 11.6 Å². The smallest absolute Gasteiger partial charge is 0.143 e. The van der Waals surface area contributed by atoms with Gasteiger partial charge in [0.15, 0.2) is 0 Å². The van der Waals surface area contributed by atoms with Crippen molar-refractivity contribution in [2.45, 2.75) is 36.1 Å². The van der Waals surface area contributed by atoms with Crippen molar-refractivity contribution >= 4 is 11.8 Å². The molecule has 0 radical (unpaired) electrons. The number of benzene rings is 1. The van der Waals surface area contributed by atoms with E-state index in [1.807, 2.05) is 6.92 Å². The van der Waals surface area contributed by atoms with Gasteiger partial charge in [-0.15, -0.1) is 11.8 Å². The Balaban J connectivity index is 2.51. The van der Waals surface area contributed by atoms with E-state index in [0.717, 1.165) is 24.6 Å². The molecule has 0 saturated heterocycles. The van der Waals surface area contributed by atoms with Gasteiger partial charge in [-0.3, -0.25) is 0 Å². The van der Waals surface area contributed by atoms with Crippen molar-refractivity contribution in [2.24, 2.45) is 5.73 Å². The average Bonchev–Trinajstić information content (AvgIpc) is 2.99. The van der Waals surface area contributed by atoms with Gasteiger partial charge < -0.3 is 5.73 Å². The number of hydrogen-bond acceptors (Lipinski definition) is 2. The lowest BCUT2D eigenvalue weighted by Gasteiger charge is -2.21. The van der Waals surface area contributed by atoms with Crippen LogP contribution in [0.25, 0.3) is 0 Å². The summed E-state index contributed by atoms with van der Waals surface area (Å²) in [7, 11) is 0. The molecule has 1 aromatic rings. The first kappa shape index (κ1) is 11.9. The largest absolute Gasteiger partial charge is 0.327 e. The molecule has 2 N–H and O–H groups in total. The highest BCUT2D eigenvalue weighted by Gasteiger charge is 2.49. The summed E-state index contributed by atoms with van der Waals surface area (Å²) in [4.78, 5) is 0.101. The summed E-state index contributed by atoms with van der Waals surface area (Å²) >= 11 is 1.10. The van der Waals surface area contributed by atoms with Crippen LogP contribution >= 0.6 is 11.8 Å². The second-order valence-electron chi connectivity index (χ2n) is 4.39. The van der Waals surface area contributed by atoms with Gasteiger partial charge in [0.2, 0.25) is 0 Å². The number of nitrogens with two attached hydrogens (primary N) is 1. The maximum atomic E-state index is 14.1. The quantitative estimate of drug-likeness (QED) is 0.826. The summed E-state index contributed by atoms with van der Waals surface area (Å²) in [5, 5.41) is 0. The Morgan fingerprint density at radius 3 is 2.44 bits per heavy atom. The standard InChI is InChI=1S/C12H15F2NS/c1-7(15)12(5-6-12)8-3-4-9(13)11(16-2)10(8)14/h3-4,7H,5-6,15H2,1-2H3. The molecule has 1 aromatic carbocycles. The third kappa shape index (κ3) is 1.64. The van der Waals surface area contributed by atoms with Gasteiger partial charge in [0, 0.05) is 11.5 Å². The summed E-state index contributed by atoms with van der Waals surface area (Å²) in [6, 6.07) is 2.79. The van der Waals surface area contributed by atoms with E-state index in [4.69, 9.17) is 5.73 Å². The zero-order valence-electron chi connectivity index (χ0n) is 9.39. The Bertz CT molecular complexity index is 414. The molecule has 1 fully saturated rings. The van der Waals surface area contributed by atoms with Crippen LogP contribution in [0.2, 0.25) is 0 Å². The Kier molecular flexibility index (Phi) is 2.97. The van der Waals surface area contributed by atoms with Crippen LogP contribution in [0, 0.1) is 11.6 Å². The van der Waals surface area contributed by atoms with Gasteiger partial charge >= 0.3 is 0 Å². The van der Waals surface area contributed by atoms with Crippen molar-refractivity contribution in [2.75, 3.05) is 6.26 Å². The Labute approximate surface area is 98.4 Å². The van der Waals surface area contributed by atoms with Crippen LogP contribution in [-0.4, -0.2) is 12.3 Å². The molecule has 0 heterocycles. The van der Waals surface area contributed by atoms with E-state index in [1.165, 1.54) is 6.07 Å². The molecule has 0 aromatic heterocycles. The number of hydrogen-bond donors (Lipinski definition) is 1. The molecule has 1 nitrogen and oxygen atoms in total. The van der Waals surface area contributed by atoms with E-state index < -0.39 is 11.6 Å². The van der Waals surface area contributed by atoms with Crippen molar-refractivity contribution < 1.29 is 8.78 Å². The van der Waals surface area contributed by atoms with Crippen LogP contribution in [0.15, 0.2) is 17.0 Å². The van der Waals surface area contributed by atoms with Crippen molar-refractivity contribution in [3.63, 3.8) is 0 Å². The van der Waals surface area contributed by atoms with E-state index >= 15 is 0 Å². The van der Waals surface area contributed by atoms with Gasteiger partial charge in [-0.2, -0.15) is 0 Å². The van der Waals surface area contributed by atoms with E-state index in [-0.39, 0.29) is 16.4 Å². The minimum Gasteiger partial charge on any atom is -0.327 e. The molecule has 1 atom stereocenters. The first-order valence-electron chi connectivity index (χ1n) is 5.31. The molecule has 1 unspecified atom stereocenters. The van der Waals surface area contributed by atoms with Crippen LogP contribution in [-0.2, 0) is 5.41 Å². The monoisotopic (exact) mass is 243 g/mol. The first-order chi connectivity index (χ1) is 7.53. The fourth-order valence-corrected chi connectivity index (χ4v) is 2.76. The molecule has 0 amide bonds. The SMILES string of the molecule is CSc1c(F)ccc(C2(C(C)N)CC2)c1F. The van der Waals surface area contributed by atoms with Gasteiger partial charge in [-0.05, 0) is 37.7 Å². The zero-order valence-corrected chi connectivity index (χ0v) is 10.2. The predicted molar refractivity (Wildman–Crippen MR) is 62.7 cm³/mol. The fourth-order valence-electron chi connectivity index (χ4n) is 2.21. The maximum Gasteiger partial charge on any atom is 0.143 e. The zero-order chi connectivity index (χ0) is 11.9. The number of halogens is 2. The summed E-state index contributed by atoms with van der Waals surface area (Å²) in [5.41, 5.74) is 6.21. The summed E-state index contributed by atoms with van der Waals surface area (Å²) in [6.07, 6.45) is 3.46. The van der Waals surface area contributed by atoms with Gasteiger partial charge in [0.25, 0.3) is 0 Å². The van der Waals surface area contributed by atoms with Crippen molar-refractivity contribution in [3.8, 4) is 0 Å². The maximum absolute atomic E-state index is 14.1. The second-order valence-corrected chi connectivity index (χ2v) is 5.20. The minimum atomic E-state index is -0.491. The molecule has 0 bridgehead atoms. The van der Waals surface area contributed by atoms with E-state index in [0.29, 0.717) is 5.56 Å². The molecular formula is C12H15F2NS. The lowest BCUT2D eigenvalue weighted by molar-refractivity contribution is 0.483.